The SMILES string of the molecule is CCOC(=O)c1c(CCc2ccccc2)cn(Cc2ccc(OC)cc2)c1C. The molecule has 0 atom stereocenters. The predicted octanol–water partition coefficient (Wildman–Crippen LogP) is 4.82. The first-order chi connectivity index (χ1) is 13.6. The first kappa shape index (κ1) is 19.7. The molecule has 0 amide bonds. The topological polar surface area (TPSA) is 40.5 Å². The summed E-state index contributed by atoms with van der Waals surface area (Å²) in [6, 6.07) is 18.3. The number of rotatable bonds is 8. The summed E-state index contributed by atoms with van der Waals surface area (Å²) in [5.74, 6) is 0.597. The fraction of sp³-hybridized carbons (Fsp3) is 0.292. The van der Waals surface area contributed by atoms with Crippen LogP contribution in [0, 0.1) is 6.92 Å². The van der Waals surface area contributed by atoms with Crippen molar-refractivity contribution in [1.29, 1.82) is 0 Å². The summed E-state index contributed by atoms with van der Waals surface area (Å²) in [4.78, 5) is 12.6. The highest BCUT2D eigenvalue weighted by Crippen LogP contribution is 2.22. The molecule has 0 saturated carbocycles. The van der Waals surface area contributed by atoms with Crippen LogP contribution in [-0.4, -0.2) is 24.3 Å². The predicted molar refractivity (Wildman–Crippen MR) is 111 cm³/mol. The van der Waals surface area contributed by atoms with Crippen LogP contribution < -0.4 is 4.74 Å². The Labute approximate surface area is 166 Å². The molecule has 1 aromatic heterocycles. The van der Waals surface area contributed by atoms with Crippen molar-refractivity contribution in [2.75, 3.05) is 13.7 Å². The monoisotopic (exact) mass is 377 g/mol. The van der Waals surface area contributed by atoms with Crippen LogP contribution in [0.15, 0.2) is 60.8 Å². The number of nitrogens with zero attached hydrogens (tertiary/aromatic N) is 1. The lowest BCUT2D eigenvalue weighted by Crippen LogP contribution is -2.09. The minimum atomic E-state index is -0.239. The van der Waals surface area contributed by atoms with Crippen LogP contribution in [0.2, 0.25) is 0 Å². The molecule has 146 valence electrons. The zero-order chi connectivity index (χ0) is 19.9. The molecule has 0 aliphatic heterocycles. The molecule has 0 bridgehead atoms. The Hall–Kier alpha value is -3.01. The highest BCUT2D eigenvalue weighted by molar-refractivity contribution is 5.92. The van der Waals surface area contributed by atoms with Gasteiger partial charge in [-0.05, 0) is 55.5 Å². The number of benzene rings is 2. The van der Waals surface area contributed by atoms with Crippen molar-refractivity contribution in [2.45, 2.75) is 33.2 Å². The van der Waals surface area contributed by atoms with Gasteiger partial charge in [0.05, 0.1) is 19.3 Å². The Balaban J connectivity index is 1.86. The van der Waals surface area contributed by atoms with E-state index in [-0.39, 0.29) is 5.97 Å². The second kappa shape index (κ2) is 9.27. The van der Waals surface area contributed by atoms with Crippen molar-refractivity contribution in [3.63, 3.8) is 0 Å². The number of aromatic nitrogens is 1. The van der Waals surface area contributed by atoms with Crippen LogP contribution in [-0.2, 0) is 24.1 Å². The summed E-state index contributed by atoms with van der Waals surface area (Å²) in [7, 11) is 1.66. The second-order valence-corrected chi connectivity index (χ2v) is 6.80. The van der Waals surface area contributed by atoms with Crippen molar-refractivity contribution < 1.29 is 14.3 Å². The van der Waals surface area contributed by atoms with Crippen molar-refractivity contribution in [2.24, 2.45) is 0 Å². The van der Waals surface area contributed by atoms with E-state index < -0.39 is 0 Å². The Morgan fingerprint density at radius 1 is 0.964 bits per heavy atom. The Kier molecular flexibility index (Phi) is 6.53. The van der Waals surface area contributed by atoms with Crippen molar-refractivity contribution in [3.8, 4) is 5.75 Å². The van der Waals surface area contributed by atoms with Gasteiger partial charge < -0.3 is 14.0 Å². The standard InChI is InChI=1S/C24H27NO3/c1-4-28-24(26)23-18(2)25(16-20-11-14-22(27-3)15-12-20)17-21(23)13-10-19-8-6-5-7-9-19/h5-9,11-12,14-15,17H,4,10,13,16H2,1-3H3. The number of ether oxygens (including phenoxy) is 2. The van der Waals surface area contributed by atoms with E-state index in [0.29, 0.717) is 18.7 Å². The Morgan fingerprint density at radius 2 is 1.68 bits per heavy atom. The summed E-state index contributed by atoms with van der Waals surface area (Å²) in [6.45, 7) is 4.90. The average molecular weight is 377 g/mol. The number of methoxy groups -OCH3 is 1. The lowest BCUT2D eigenvalue weighted by Gasteiger charge is -2.08. The minimum Gasteiger partial charge on any atom is -0.497 e. The number of carbonyl (C=O) groups excluding carboxylic acids is 1. The zero-order valence-electron chi connectivity index (χ0n) is 16.8. The molecule has 1 heterocycles. The Morgan fingerprint density at radius 3 is 2.32 bits per heavy atom. The van der Waals surface area contributed by atoms with E-state index >= 15 is 0 Å². The lowest BCUT2D eigenvalue weighted by molar-refractivity contribution is 0.0524. The van der Waals surface area contributed by atoms with Gasteiger partial charge in [-0.3, -0.25) is 0 Å². The van der Waals surface area contributed by atoms with Crippen molar-refractivity contribution >= 4 is 5.97 Å². The van der Waals surface area contributed by atoms with E-state index in [2.05, 4.69) is 22.9 Å². The Bertz CT molecular complexity index is 911. The van der Waals surface area contributed by atoms with Crippen LogP contribution in [0.3, 0.4) is 0 Å². The maximum absolute atomic E-state index is 12.6. The average Bonchev–Trinajstić information content (AvgIpc) is 3.03. The molecule has 0 fully saturated rings. The van der Waals surface area contributed by atoms with E-state index in [0.717, 1.165) is 35.4 Å². The van der Waals surface area contributed by atoms with Crippen LogP contribution >= 0.6 is 0 Å². The number of hydrogen-bond donors (Lipinski definition) is 0. The lowest BCUT2D eigenvalue weighted by atomic mass is 10.0. The molecule has 3 rings (SSSR count). The third kappa shape index (κ3) is 4.63. The number of carbonyl (C=O) groups is 1. The molecule has 28 heavy (non-hydrogen) atoms. The molecule has 3 aromatic rings. The molecule has 0 radical (unpaired) electrons. The quantitative estimate of drug-likeness (QED) is 0.529. The summed E-state index contributed by atoms with van der Waals surface area (Å²) < 4.78 is 12.7. The highest BCUT2D eigenvalue weighted by atomic mass is 16.5. The molecular formula is C24H27NO3. The highest BCUT2D eigenvalue weighted by Gasteiger charge is 2.20. The summed E-state index contributed by atoms with van der Waals surface area (Å²) in [5, 5.41) is 0. The van der Waals surface area contributed by atoms with E-state index in [1.165, 1.54) is 5.56 Å². The largest absolute Gasteiger partial charge is 0.497 e. The van der Waals surface area contributed by atoms with Gasteiger partial charge in [0, 0.05) is 18.4 Å². The summed E-state index contributed by atoms with van der Waals surface area (Å²) in [5.41, 5.74) is 5.10. The third-order valence-corrected chi connectivity index (χ3v) is 4.94. The molecule has 0 N–H and O–H groups in total. The van der Waals surface area contributed by atoms with Crippen LogP contribution in [0.1, 0.15) is 39.7 Å². The molecule has 0 spiro atoms. The normalized spacial score (nSPS) is 10.7. The molecular weight excluding hydrogens is 350 g/mol. The van der Waals surface area contributed by atoms with Crippen molar-refractivity contribution in [3.05, 3.63) is 88.7 Å². The summed E-state index contributed by atoms with van der Waals surface area (Å²) >= 11 is 0. The fourth-order valence-corrected chi connectivity index (χ4v) is 3.41. The minimum absolute atomic E-state index is 0.239. The van der Waals surface area contributed by atoms with Crippen LogP contribution in [0.4, 0.5) is 0 Å². The summed E-state index contributed by atoms with van der Waals surface area (Å²) in [6.07, 6.45) is 3.78. The molecule has 0 aliphatic rings. The van der Waals surface area contributed by atoms with E-state index in [1.54, 1.807) is 7.11 Å². The molecule has 2 aromatic carbocycles. The molecule has 0 saturated heterocycles. The fourth-order valence-electron chi connectivity index (χ4n) is 3.41. The van der Waals surface area contributed by atoms with Crippen LogP contribution in [0.25, 0.3) is 0 Å². The third-order valence-electron chi connectivity index (χ3n) is 4.94. The maximum Gasteiger partial charge on any atom is 0.340 e. The van der Waals surface area contributed by atoms with Gasteiger partial charge in [-0.1, -0.05) is 42.5 Å². The number of aryl methyl sites for hydroxylation is 2. The maximum atomic E-state index is 12.6. The van der Waals surface area contributed by atoms with Gasteiger partial charge in [0.1, 0.15) is 5.75 Å². The van der Waals surface area contributed by atoms with Gasteiger partial charge in [-0.25, -0.2) is 4.79 Å². The first-order valence-electron chi connectivity index (χ1n) is 9.65. The molecule has 4 heteroatoms. The first-order valence-corrected chi connectivity index (χ1v) is 9.65. The van der Waals surface area contributed by atoms with Gasteiger partial charge in [-0.15, -0.1) is 0 Å². The van der Waals surface area contributed by atoms with E-state index in [1.807, 2.05) is 56.3 Å². The van der Waals surface area contributed by atoms with Crippen LogP contribution in [0.5, 0.6) is 5.75 Å². The number of hydrogen-bond acceptors (Lipinski definition) is 3. The second-order valence-electron chi connectivity index (χ2n) is 6.80. The zero-order valence-corrected chi connectivity index (χ0v) is 16.8. The van der Waals surface area contributed by atoms with Crippen molar-refractivity contribution in [1.82, 2.24) is 4.57 Å². The molecule has 0 unspecified atom stereocenters. The van der Waals surface area contributed by atoms with Gasteiger partial charge in [0.25, 0.3) is 0 Å². The number of esters is 1. The molecule has 0 aliphatic carbocycles. The van der Waals surface area contributed by atoms with E-state index in [4.69, 9.17) is 9.47 Å². The van der Waals surface area contributed by atoms with Gasteiger partial charge >= 0.3 is 5.97 Å². The molecule has 4 nitrogen and oxygen atoms in total. The smallest absolute Gasteiger partial charge is 0.340 e. The van der Waals surface area contributed by atoms with Gasteiger partial charge in [-0.2, -0.15) is 0 Å². The van der Waals surface area contributed by atoms with Gasteiger partial charge in [0.15, 0.2) is 0 Å². The van der Waals surface area contributed by atoms with Gasteiger partial charge in [0.2, 0.25) is 0 Å². The van der Waals surface area contributed by atoms with E-state index in [9.17, 15) is 4.79 Å².